The summed E-state index contributed by atoms with van der Waals surface area (Å²) in [5.41, 5.74) is 4.74. The molecule has 5 heteroatoms. The Bertz CT molecular complexity index is 743. The Morgan fingerprint density at radius 3 is 2.27 bits per heavy atom. The average Bonchev–Trinajstić information content (AvgIpc) is 2.72. The fourth-order valence-corrected chi connectivity index (χ4v) is 4.33. The summed E-state index contributed by atoms with van der Waals surface area (Å²) in [4.78, 5) is 7.39. The van der Waals surface area contributed by atoms with Gasteiger partial charge in [-0.05, 0) is 74.9 Å². The van der Waals surface area contributed by atoms with Crippen LogP contribution in [0.1, 0.15) is 88.1 Å². The van der Waals surface area contributed by atoms with Crippen molar-refractivity contribution in [3.05, 3.63) is 41.1 Å². The first-order chi connectivity index (χ1) is 13.7. The molecule has 0 saturated carbocycles. The fraction of sp³-hybridized carbons (Fsp3) is 0.640. The van der Waals surface area contributed by atoms with Gasteiger partial charge in [-0.25, -0.2) is 0 Å². The lowest BCUT2D eigenvalue weighted by Gasteiger charge is -2.25. The highest BCUT2D eigenvalue weighted by Crippen LogP contribution is 2.26. The lowest BCUT2D eigenvalue weighted by molar-refractivity contribution is 0.110. The van der Waals surface area contributed by atoms with Crippen molar-refractivity contribution in [2.75, 3.05) is 19.6 Å². The van der Waals surface area contributed by atoms with Crippen LogP contribution in [0.2, 0.25) is 0 Å². The molecule has 1 unspecified atom stereocenters. The van der Waals surface area contributed by atoms with E-state index < -0.39 is 6.10 Å². The summed E-state index contributed by atoms with van der Waals surface area (Å²) < 4.78 is 0. The van der Waals surface area contributed by atoms with Crippen LogP contribution in [0.5, 0.6) is 0 Å². The van der Waals surface area contributed by atoms with Gasteiger partial charge in [-0.2, -0.15) is 0 Å². The van der Waals surface area contributed by atoms with Gasteiger partial charge in [-0.15, -0.1) is 24.8 Å². The topological polar surface area (TPSA) is 36.4 Å². The second kappa shape index (κ2) is 14.2. The molecule has 30 heavy (non-hydrogen) atoms. The maximum Gasteiger partial charge on any atom is 0.0917 e. The number of hydrogen-bond donors (Lipinski definition) is 1. The van der Waals surface area contributed by atoms with Gasteiger partial charge in [-0.3, -0.25) is 4.98 Å². The Morgan fingerprint density at radius 1 is 0.933 bits per heavy atom. The second-order valence-electron chi connectivity index (χ2n) is 8.48. The van der Waals surface area contributed by atoms with Crippen molar-refractivity contribution >= 4 is 35.7 Å². The lowest BCUT2D eigenvalue weighted by Crippen LogP contribution is -2.31. The molecule has 1 heterocycles. The van der Waals surface area contributed by atoms with Crippen molar-refractivity contribution in [3.8, 4) is 0 Å². The molecule has 0 radical (unpaired) electrons. The number of rotatable bonds is 11. The fourth-order valence-electron chi connectivity index (χ4n) is 4.33. The molecule has 1 aliphatic rings. The molecular formula is C25H40Cl2N2O. The molecule has 1 aromatic carbocycles. The Balaban J connectivity index is 0.00000225. The summed E-state index contributed by atoms with van der Waals surface area (Å²) in [5.74, 6) is 0. The summed E-state index contributed by atoms with van der Waals surface area (Å²) in [6.07, 6.45) is 11.8. The van der Waals surface area contributed by atoms with Crippen molar-refractivity contribution in [1.82, 2.24) is 9.88 Å². The van der Waals surface area contributed by atoms with Crippen LogP contribution in [-0.2, 0) is 12.8 Å². The predicted molar refractivity (Wildman–Crippen MR) is 133 cm³/mol. The zero-order valence-electron chi connectivity index (χ0n) is 18.7. The molecule has 0 aliphatic heterocycles. The summed E-state index contributed by atoms with van der Waals surface area (Å²) >= 11 is 0. The highest BCUT2D eigenvalue weighted by molar-refractivity contribution is 5.85. The van der Waals surface area contributed by atoms with Gasteiger partial charge in [0.15, 0.2) is 0 Å². The first-order valence-corrected chi connectivity index (χ1v) is 11.5. The number of aliphatic hydroxyl groups excluding tert-OH is 1. The van der Waals surface area contributed by atoms with Gasteiger partial charge < -0.3 is 10.0 Å². The van der Waals surface area contributed by atoms with Crippen LogP contribution in [0.25, 0.3) is 10.9 Å². The van der Waals surface area contributed by atoms with E-state index in [2.05, 4.69) is 43.0 Å². The second-order valence-corrected chi connectivity index (χ2v) is 8.48. The van der Waals surface area contributed by atoms with Gasteiger partial charge in [0.05, 0.1) is 11.6 Å². The van der Waals surface area contributed by atoms with Crippen LogP contribution in [0.15, 0.2) is 24.3 Å². The third-order valence-corrected chi connectivity index (χ3v) is 6.09. The molecule has 3 rings (SSSR count). The SMILES string of the molecule is CCCCCN(CCCCC)CC(O)c1ccc2cc3c(nc2c1)CCCC3.Cl.Cl. The molecule has 1 atom stereocenters. The number of halogens is 2. The van der Waals surface area contributed by atoms with Gasteiger partial charge in [0.1, 0.15) is 0 Å². The van der Waals surface area contributed by atoms with Crippen LogP contribution in [-0.4, -0.2) is 34.6 Å². The van der Waals surface area contributed by atoms with E-state index in [9.17, 15) is 5.11 Å². The van der Waals surface area contributed by atoms with Gasteiger partial charge >= 0.3 is 0 Å². The molecule has 2 aromatic rings. The van der Waals surface area contributed by atoms with Crippen molar-refractivity contribution in [3.63, 3.8) is 0 Å². The molecule has 0 saturated heterocycles. The van der Waals surface area contributed by atoms with E-state index in [1.807, 2.05) is 0 Å². The van der Waals surface area contributed by atoms with Crippen molar-refractivity contribution in [1.29, 1.82) is 0 Å². The normalized spacial score (nSPS) is 14.1. The number of nitrogens with zero attached hydrogens (tertiary/aromatic N) is 2. The Morgan fingerprint density at radius 2 is 1.60 bits per heavy atom. The summed E-state index contributed by atoms with van der Waals surface area (Å²) in [6, 6.07) is 8.67. The summed E-state index contributed by atoms with van der Waals surface area (Å²) in [7, 11) is 0. The van der Waals surface area contributed by atoms with Gasteiger partial charge in [0, 0.05) is 17.6 Å². The van der Waals surface area contributed by atoms with Crippen molar-refractivity contribution in [2.24, 2.45) is 0 Å². The van der Waals surface area contributed by atoms with Crippen LogP contribution in [0.3, 0.4) is 0 Å². The molecule has 0 amide bonds. The van der Waals surface area contributed by atoms with Crippen molar-refractivity contribution < 1.29 is 5.11 Å². The molecular weight excluding hydrogens is 415 g/mol. The van der Waals surface area contributed by atoms with Crippen LogP contribution in [0, 0.1) is 0 Å². The minimum Gasteiger partial charge on any atom is -0.387 e. The first kappa shape index (κ1) is 27.2. The first-order valence-electron chi connectivity index (χ1n) is 11.5. The minimum atomic E-state index is -0.439. The molecule has 1 aromatic heterocycles. The van der Waals surface area contributed by atoms with E-state index in [-0.39, 0.29) is 24.8 Å². The number of benzene rings is 1. The Labute approximate surface area is 195 Å². The number of hydrogen-bond acceptors (Lipinski definition) is 3. The Hall–Kier alpha value is -0.870. The van der Waals surface area contributed by atoms with E-state index in [1.54, 1.807) is 0 Å². The van der Waals surface area contributed by atoms with E-state index in [4.69, 9.17) is 4.98 Å². The number of unbranched alkanes of at least 4 members (excludes halogenated alkanes) is 4. The van der Waals surface area contributed by atoms with Crippen LogP contribution < -0.4 is 0 Å². The van der Waals surface area contributed by atoms with Crippen molar-refractivity contribution in [2.45, 2.75) is 84.2 Å². The van der Waals surface area contributed by atoms with Gasteiger partial charge in [-0.1, -0.05) is 51.7 Å². The summed E-state index contributed by atoms with van der Waals surface area (Å²) in [6.45, 7) is 7.40. The van der Waals surface area contributed by atoms with E-state index in [0.29, 0.717) is 0 Å². The number of pyridine rings is 1. The third kappa shape index (κ3) is 7.67. The molecule has 0 bridgehead atoms. The third-order valence-electron chi connectivity index (χ3n) is 6.09. The quantitative estimate of drug-likeness (QED) is 0.384. The van der Waals surface area contributed by atoms with E-state index >= 15 is 0 Å². The minimum absolute atomic E-state index is 0. The van der Waals surface area contributed by atoms with E-state index in [1.165, 1.54) is 68.0 Å². The standard InChI is InChI=1S/C25H38N2O.2ClH/c1-3-5-9-15-27(16-10-6-4-2)19-25(28)22-14-13-21-17-20-11-7-8-12-23(20)26-24(21)18-22;;/h13-14,17-18,25,28H,3-12,15-16,19H2,1-2H3;2*1H. The molecule has 170 valence electrons. The monoisotopic (exact) mass is 454 g/mol. The largest absolute Gasteiger partial charge is 0.387 e. The zero-order valence-corrected chi connectivity index (χ0v) is 20.4. The van der Waals surface area contributed by atoms with Crippen LogP contribution in [0.4, 0.5) is 0 Å². The predicted octanol–water partition coefficient (Wildman–Crippen LogP) is 6.67. The molecule has 1 aliphatic carbocycles. The number of aromatic nitrogens is 1. The maximum absolute atomic E-state index is 10.9. The molecule has 3 nitrogen and oxygen atoms in total. The lowest BCUT2D eigenvalue weighted by atomic mass is 9.94. The number of aryl methyl sites for hydroxylation is 2. The van der Waals surface area contributed by atoms with Crippen LogP contribution >= 0.6 is 24.8 Å². The molecule has 0 spiro atoms. The summed E-state index contributed by atoms with van der Waals surface area (Å²) in [5, 5.41) is 12.1. The zero-order chi connectivity index (χ0) is 19.8. The average molecular weight is 456 g/mol. The van der Waals surface area contributed by atoms with Gasteiger partial charge in [0.2, 0.25) is 0 Å². The highest BCUT2D eigenvalue weighted by Gasteiger charge is 2.16. The van der Waals surface area contributed by atoms with E-state index in [0.717, 1.165) is 43.6 Å². The molecule has 1 N–H and O–H groups in total. The highest BCUT2D eigenvalue weighted by atomic mass is 35.5. The maximum atomic E-state index is 10.9. The van der Waals surface area contributed by atoms with Gasteiger partial charge in [0.25, 0.3) is 0 Å². The Kier molecular flexibility index (Phi) is 12.9. The number of fused-ring (bicyclic) bond motifs is 2. The molecule has 0 fully saturated rings. The smallest absolute Gasteiger partial charge is 0.0917 e. The number of aliphatic hydroxyl groups is 1.